The zero-order valence-electron chi connectivity index (χ0n) is 12.5. The largest absolute Gasteiger partial charge is 0.726 e. The molecule has 0 bridgehead atoms. The molecule has 0 aromatic heterocycles. The Bertz CT molecular complexity index is 411. The maximum atomic E-state index is 11.0. The standard InChI is InChI=1S/C10H20NO3.CH4O4S/c1-8(2)10(13)14-7-9(12)6-11(3,4)5;1-5-6(2,3)4/h9,12H,1,6-7H2,2-5H3;1H3,(H,2,3,4)/q+1;/p-1. The third-order valence-corrected chi connectivity index (χ3v) is 2.13. The molecular weight excluding hydrogens is 290 g/mol. The van der Waals surface area contributed by atoms with E-state index < -0.39 is 22.5 Å². The van der Waals surface area contributed by atoms with Crippen LogP contribution in [0.5, 0.6) is 0 Å². The van der Waals surface area contributed by atoms with Crippen LogP contribution in [-0.4, -0.2) is 76.0 Å². The van der Waals surface area contributed by atoms with E-state index in [1.54, 1.807) is 6.92 Å². The van der Waals surface area contributed by atoms with E-state index in [0.29, 0.717) is 16.6 Å². The van der Waals surface area contributed by atoms with Crippen LogP contribution in [0.3, 0.4) is 0 Å². The van der Waals surface area contributed by atoms with Crippen LogP contribution in [0.15, 0.2) is 12.2 Å². The fraction of sp³-hybridized carbons (Fsp3) is 0.727. The van der Waals surface area contributed by atoms with Gasteiger partial charge in [0.05, 0.1) is 28.3 Å². The highest BCUT2D eigenvalue weighted by molar-refractivity contribution is 7.80. The first-order valence-corrected chi connectivity index (χ1v) is 6.94. The van der Waals surface area contributed by atoms with E-state index in [1.807, 2.05) is 21.1 Å². The summed E-state index contributed by atoms with van der Waals surface area (Å²) < 4.78 is 36.5. The molecule has 0 rings (SSSR count). The minimum atomic E-state index is -4.41. The van der Waals surface area contributed by atoms with Gasteiger partial charge in [0.25, 0.3) is 0 Å². The van der Waals surface area contributed by atoms with Crippen molar-refractivity contribution in [3.05, 3.63) is 12.2 Å². The lowest BCUT2D eigenvalue weighted by atomic mass is 10.3. The van der Waals surface area contributed by atoms with E-state index in [0.717, 1.165) is 7.11 Å². The van der Waals surface area contributed by atoms with Crippen LogP contribution < -0.4 is 0 Å². The van der Waals surface area contributed by atoms with Crippen molar-refractivity contribution in [2.75, 3.05) is 41.4 Å². The lowest BCUT2D eigenvalue weighted by Crippen LogP contribution is -2.43. The van der Waals surface area contributed by atoms with Crippen molar-refractivity contribution < 1.29 is 36.3 Å². The van der Waals surface area contributed by atoms with Crippen molar-refractivity contribution >= 4 is 16.4 Å². The first-order chi connectivity index (χ1) is 8.78. The number of carbonyl (C=O) groups excluding carboxylic acids is 1. The summed E-state index contributed by atoms with van der Waals surface area (Å²) in [5.41, 5.74) is 0.349. The van der Waals surface area contributed by atoms with Gasteiger partial charge in [-0.3, -0.25) is 4.18 Å². The van der Waals surface area contributed by atoms with Crippen LogP contribution >= 0.6 is 0 Å². The van der Waals surface area contributed by atoms with Gasteiger partial charge in [-0.1, -0.05) is 6.58 Å². The Morgan fingerprint density at radius 3 is 2.05 bits per heavy atom. The number of rotatable bonds is 6. The second-order valence-electron chi connectivity index (χ2n) is 5.08. The molecule has 1 unspecified atom stereocenters. The lowest BCUT2D eigenvalue weighted by molar-refractivity contribution is -0.873. The molecule has 1 N–H and O–H groups in total. The monoisotopic (exact) mass is 313 g/mol. The van der Waals surface area contributed by atoms with Crippen molar-refractivity contribution in [3.8, 4) is 0 Å². The molecule has 8 nitrogen and oxygen atoms in total. The topological polar surface area (TPSA) is 113 Å². The third-order valence-electron chi connectivity index (χ3n) is 1.72. The number of aliphatic hydroxyl groups is 1. The van der Waals surface area contributed by atoms with Gasteiger partial charge in [0, 0.05) is 5.57 Å². The number of aliphatic hydroxyl groups excluding tert-OH is 1. The lowest BCUT2D eigenvalue weighted by Gasteiger charge is -2.26. The smallest absolute Gasteiger partial charge is 0.333 e. The number of esters is 1. The summed E-state index contributed by atoms with van der Waals surface area (Å²) in [5, 5.41) is 9.49. The SMILES string of the molecule is C=C(C)C(=O)OCC(O)C[N+](C)(C)C.COS(=O)(=O)[O-]. The molecule has 0 heterocycles. The Morgan fingerprint density at radius 2 is 1.80 bits per heavy atom. The van der Waals surface area contributed by atoms with Crippen molar-refractivity contribution in [2.45, 2.75) is 13.0 Å². The van der Waals surface area contributed by atoms with E-state index in [9.17, 15) is 22.9 Å². The highest BCUT2D eigenvalue weighted by Crippen LogP contribution is 1.98. The minimum absolute atomic E-state index is 0.0290. The van der Waals surface area contributed by atoms with Crippen LogP contribution in [0.4, 0.5) is 0 Å². The number of carbonyl (C=O) groups is 1. The van der Waals surface area contributed by atoms with Crippen LogP contribution in [0.2, 0.25) is 0 Å². The molecule has 120 valence electrons. The van der Waals surface area contributed by atoms with Crippen molar-refractivity contribution in [2.24, 2.45) is 0 Å². The number of ether oxygens (including phenoxy) is 1. The van der Waals surface area contributed by atoms with Crippen molar-refractivity contribution in [1.29, 1.82) is 0 Å². The zero-order chi connectivity index (χ0) is 16.6. The molecule has 0 aromatic carbocycles. The average molecular weight is 313 g/mol. The van der Waals surface area contributed by atoms with Crippen molar-refractivity contribution in [3.63, 3.8) is 0 Å². The summed E-state index contributed by atoms with van der Waals surface area (Å²) in [6, 6.07) is 0. The number of hydrogen-bond donors (Lipinski definition) is 1. The molecule has 0 saturated heterocycles. The van der Waals surface area contributed by atoms with Gasteiger partial charge in [0.2, 0.25) is 10.4 Å². The molecule has 0 aliphatic carbocycles. The minimum Gasteiger partial charge on any atom is -0.726 e. The second kappa shape index (κ2) is 9.03. The van der Waals surface area contributed by atoms with E-state index in [4.69, 9.17) is 4.74 Å². The summed E-state index contributed by atoms with van der Waals surface area (Å²) in [7, 11) is 2.28. The summed E-state index contributed by atoms with van der Waals surface area (Å²) in [5.74, 6) is -0.453. The summed E-state index contributed by atoms with van der Waals surface area (Å²) in [6.45, 7) is 5.60. The molecular formula is C11H23NO7S. The van der Waals surface area contributed by atoms with E-state index in [2.05, 4.69) is 10.8 Å². The Hall–Kier alpha value is -1.00. The normalized spacial score (nSPS) is 12.9. The van der Waals surface area contributed by atoms with Gasteiger partial charge in [-0.05, 0) is 6.92 Å². The van der Waals surface area contributed by atoms with Gasteiger partial charge < -0.3 is 18.9 Å². The van der Waals surface area contributed by atoms with Gasteiger partial charge in [0.15, 0.2) is 0 Å². The molecule has 0 fully saturated rings. The number of quaternary nitrogens is 1. The Balaban J connectivity index is 0. The van der Waals surface area contributed by atoms with E-state index in [-0.39, 0.29) is 6.61 Å². The van der Waals surface area contributed by atoms with Crippen LogP contribution in [0.1, 0.15) is 6.92 Å². The highest BCUT2D eigenvalue weighted by atomic mass is 32.3. The molecule has 9 heteroatoms. The number of likely N-dealkylation sites (N-methyl/N-ethyl adjacent to an activating group) is 1. The fourth-order valence-corrected chi connectivity index (χ4v) is 0.980. The third kappa shape index (κ3) is 17.0. The average Bonchev–Trinajstić information content (AvgIpc) is 2.23. The van der Waals surface area contributed by atoms with Gasteiger partial charge in [-0.25, -0.2) is 13.2 Å². The van der Waals surface area contributed by atoms with Crippen LogP contribution in [0, 0.1) is 0 Å². The van der Waals surface area contributed by atoms with Gasteiger partial charge in [-0.15, -0.1) is 0 Å². The Labute approximate surface area is 120 Å². The molecule has 0 aromatic rings. The fourth-order valence-electron chi connectivity index (χ4n) is 0.980. The molecule has 0 amide bonds. The van der Waals surface area contributed by atoms with Crippen LogP contribution in [0.25, 0.3) is 0 Å². The summed E-state index contributed by atoms with van der Waals surface area (Å²) in [4.78, 5) is 11.0. The summed E-state index contributed by atoms with van der Waals surface area (Å²) in [6.07, 6.45) is -0.627. The van der Waals surface area contributed by atoms with Gasteiger partial charge >= 0.3 is 5.97 Å². The predicted molar refractivity (Wildman–Crippen MR) is 71.4 cm³/mol. The molecule has 1 atom stereocenters. The predicted octanol–water partition coefficient (Wildman–Crippen LogP) is -0.734. The van der Waals surface area contributed by atoms with Crippen molar-refractivity contribution in [1.82, 2.24) is 0 Å². The highest BCUT2D eigenvalue weighted by Gasteiger charge is 2.17. The van der Waals surface area contributed by atoms with Crippen LogP contribution in [-0.2, 0) is 24.1 Å². The van der Waals surface area contributed by atoms with Gasteiger partial charge in [-0.2, -0.15) is 0 Å². The Kier molecular flexibility index (Phi) is 9.62. The number of hydrogen-bond acceptors (Lipinski definition) is 7. The zero-order valence-corrected chi connectivity index (χ0v) is 13.3. The maximum absolute atomic E-state index is 11.0. The maximum Gasteiger partial charge on any atom is 0.333 e. The van der Waals surface area contributed by atoms with Gasteiger partial charge in [0.1, 0.15) is 19.3 Å². The molecule has 0 aliphatic heterocycles. The molecule has 0 radical (unpaired) electrons. The molecule has 0 saturated carbocycles. The molecule has 20 heavy (non-hydrogen) atoms. The quantitative estimate of drug-likeness (QED) is 0.226. The second-order valence-corrected chi connectivity index (χ2v) is 6.23. The van der Waals surface area contributed by atoms with E-state index >= 15 is 0 Å². The molecule has 0 spiro atoms. The molecule has 0 aliphatic rings. The van der Waals surface area contributed by atoms with E-state index in [1.165, 1.54) is 0 Å². The summed E-state index contributed by atoms with van der Waals surface area (Å²) >= 11 is 0. The first-order valence-electron chi connectivity index (χ1n) is 5.61. The number of nitrogens with zero attached hydrogens (tertiary/aromatic N) is 1. The Morgan fingerprint density at radius 1 is 1.40 bits per heavy atom. The first kappa shape index (κ1) is 21.3.